The molecule has 25 heavy (non-hydrogen) atoms. The maximum atomic E-state index is 12.8. The van der Waals surface area contributed by atoms with Crippen LogP contribution in [0.4, 0.5) is 0 Å². The van der Waals surface area contributed by atoms with E-state index in [-0.39, 0.29) is 11.8 Å². The molecule has 3 aliphatic rings. The van der Waals surface area contributed by atoms with Crippen LogP contribution in [0, 0.1) is 11.8 Å². The van der Waals surface area contributed by atoms with Gasteiger partial charge in [0.2, 0.25) is 5.91 Å². The average molecular weight is 340 g/mol. The summed E-state index contributed by atoms with van der Waals surface area (Å²) in [6.45, 7) is 3.37. The van der Waals surface area contributed by atoms with Gasteiger partial charge in [-0.15, -0.1) is 0 Å². The second-order valence-corrected chi connectivity index (χ2v) is 7.96. The van der Waals surface area contributed by atoms with Crippen molar-refractivity contribution in [1.82, 2.24) is 9.80 Å². The minimum absolute atomic E-state index is 0.174. The summed E-state index contributed by atoms with van der Waals surface area (Å²) >= 11 is 0. The lowest BCUT2D eigenvalue weighted by molar-refractivity contribution is -0.128. The molecule has 1 saturated carbocycles. The predicted molar refractivity (Wildman–Crippen MR) is 97.1 cm³/mol. The first-order valence-corrected chi connectivity index (χ1v) is 9.87. The molecule has 2 aliphatic heterocycles. The molecule has 2 amide bonds. The predicted octanol–water partition coefficient (Wildman–Crippen LogP) is 3.46. The summed E-state index contributed by atoms with van der Waals surface area (Å²) in [5, 5.41) is 0. The van der Waals surface area contributed by atoms with E-state index >= 15 is 0 Å². The molecule has 0 radical (unpaired) electrons. The van der Waals surface area contributed by atoms with Crippen molar-refractivity contribution in [2.75, 3.05) is 19.6 Å². The zero-order valence-corrected chi connectivity index (χ0v) is 15.0. The molecule has 4 heteroatoms. The summed E-state index contributed by atoms with van der Waals surface area (Å²) in [6.07, 6.45) is 8.16. The first kappa shape index (κ1) is 16.6. The lowest BCUT2D eigenvalue weighted by Crippen LogP contribution is -2.44. The molecule has 0 N–H and O–H groups in total. The van der Waals surface area contributed by atoms with Gasteiger partial charge in [-0.3, -0.25) is 9.59 Å². The van der Waals surface area contributed by atoms with Crippen molar-refractivity contribution in [3.05, 3.63) is 35.4 Å². The van der Waals surface area contributed by atoms with Crippen molar-refractivity contribution >= 4 is 11.8 Å². The molecule has 1 aromatic rings. The highest BCUT2D eigenvalue weighted by Crippen LogP contribution is 2.36. The number of nitrogens with zero attached hydrogens (tertiary/aromatic N) is 2. The van der Waals surface area contributed by atoms with Crippen LogP contribution in [-0.4, -0.2) is 41.2 Å². The SMILES string of the molecule is O=C1CCCN1Cc1ccc(C(=O)N2CC[C@@H]3CCCC[C@@H]3C2)cc1. The van der Waals surface area contributed by atoms with Gasteiger partial charge in [-0.2, -0.15) is 0 Å². The Morgan fingerprint density at radius 2 is 1.72 bits per heavy atom. The molecule has 1 aromatic carbocycles. The van der Waals surface area contributed by atoms with Crippen LogP contribution in [0.25, 0.3) is 0 Å². The van der Waals surface area contributed by atoms with Gasteiger partial charge in [-0.25, -0.2) is 0 Å². The highest BCUT2D eigenvalue weighted by molar-refractivity contribution is 5.94. The molecule has 4 nitrogen and oxygen atoms in total. The molecule has 2 atom stereocenters. The van der Waals surface area contributed by atoms with E-state index in [4.69, 9.17) is 0 Å². The Kier molecular flexibility index (Phi) is 4.78. The van der Waals surface area contributed by atoms with Crippen LogP contribution in [0.1, 0.15) is 60.9 Å². The number of hydrogen-bond donors (Lipinski definition) is 0. The van der Waals surface area contributed by atoms with Crippen molar-refractivity contribution in [2.24, 2.45) is 11.8 Å². The van der Waals surface area contributed by atoms with E-state index in [1.54, 1.807) is 0 Å². The van der Waals surface area contributed by atoms with Crippen LogP contribution in [0.3, 0.4) is 0 Å². The smallest absolute Gasteiger partial charge is 0.253 e. The minimum atomic E-state index is 0.174. The van der Waals surface area contributed by atoms with Crippen LogP contribution >= 0.6 is 0 Å². The van der Waals surface area contributed by atoms with Gasteiger partial charge in [0.1, 0.15) is 0 Å². The number of likely N-dealkylation sites (tertiary alicyclic amines) is 2. The number of rotatable bonds is 3. The van der Waals surface area contributed by atoms with E-state index in [1.807, 2.05) is 29.2 Å². The third-order valence-corrected chi connectivity index (χ3v) is 6.32. The number of fused-ring (bicyclic) bond motifs is 1. The van der Waals surface area contributed by atoms with Crippen LogP contribution in [0.5, 0.6) is 0 Å². The highest BCUT2D eigenvalue weighted by Gasteiger charge is 2.33. The summed E-state index contributed by atoms with van der Waals surface area (Å²) in [5.41, 5.74) is 1.89. The van der Waals surface area contributed by atoms with Crippen molar-refractivity contribution in [3.8, 4) is 0 Å². The van der Waals surface area contributed by atoms with Crippen molar-refractivity contribution in [1.29, 1.82) is 0 Å². The number of carbonyl (C=O) groups is 2. The third-order valence-electron chi connectivity index (χ3n) is 6.32. The zero-order valence-electron chi connectivity index (χ0n) is 15.0. The molecule has 0 unspecified atom stereocenters. The van der Waals surface area contributed by atoms with Crippen molar-refractivity contribution in [3.63, 3.8) is 0 Å². The molecule has 134 valence electrons. The van der Waals surface area contributed by atoms with Gasteiger partial charge in [-0.1, -0.05) is 31.4 Å². The van der Waals surface area contributed by atoms with Gasteiger partial charge in [0.15, 0.2) is 0 Å². The molecular formula is C21H28N2O2. The van der Waals surface area contributed by atoms with E-state index in [2.05, 4.69) is 4.90 Å². The Balaban J connectivity index is 1.38. The quantitative estimate of drug-likeness (QED) is 0.845. The van der Waals surface area contributed by atoms with E-state index in [1.165, 1.54) is 32.1 Å². The van der Waals surface area contributed by atoms with Gasteiger partial charge in [0, 0.05) is 38.2 Å². The van der Waals surface area contributed by atoms with Crippen LogP contribution in [0.15, 0.2) is 24.3 Å². The van der Waals surface area contributed by atoms with Gasteiger partial charge < -0.3 is 9.80 Å². The number of hydrogen-bond acceptors (Lipinski definition) is 2. The number of piperidine rings is 1. The summed E-state index contributed by atoms with van der Waals surface area (Å²) in [6, 6.07) is 7.88. The summed E-state index contributed by atoms with van der Waals surface area (Å²) in [4.78, 5) is 28.6. The second kappa shape index (κ2) is 7.19. The van der Waals surface area contributed by atoms with Crippen molar-refractivity contribution < 1.29 is 9.59 Å². The van der Waals surface area contributed by atoms with Crippen LogP contribution in [-0.2, 0) is 11.3 Å². The fourth-order valence-corrected chi connectivity index (χ4v) is 4.81. The summed E-state index contributed by atoms with van der Waals surface area (Å²) in [7, 11) is 0. The number of amides is 2. The Hall–Kier alpha value is -1.84. The molecule has 4 rings (SSSR count). The molecular weight excluding hydrogens is 312 g/mol. The molecule has 0 bridgehead atoms. The van der Waals surface area contributed by atoms with Crippen LogP contribution < -0.4 is 0 Å². The normalized spacial score (nSPS) is 26.6. The fraction of sp³-hybridized carbons (Fsp3) is 0.619. The first-order valence-electron chi connectivity index (χ1n) is 9.87. The maximum Gasteiger partial charge on any atom is 0.253 e. The molecule has 2 saturated heterocycles. The van der Waals surface area contributed by atoms with E-state index in [0.29, 0.717) is 18.9 Å². The monoisotopic (exact) mass is 340 g/mol. The Labute approximate surface area is 150 Å². The van der Waals surface area contributed by atoms with Gasteiger partial charge in [-0.05, 0) is 48.8 Å². The second-order valence-electron chi connectivity index (χ2n) is 7.96. The van der Waals surface area contributed by atoms with Crippen molar-refractivity contribution in [2.45, 2.75) is 51.5 Å². The van der Waals surface area contributed by atoms with Gasteiger partial charge in [0.25, 0.3) is 5.91 Å². The lowest BCUT2D eigenvalue weighted by atomic mass is 9.75. The average Bonchev–Trinajstić information content (AvgIpc) is 3.06. The molecule has 0 aromatic heterocycles. The first-order chi connectivity index (χ1) is 12.2. The molecule has 0 spiro atoms. The largest absolute Gasteiger partial charge is 0.338 e. The summed E-state index contributed by atoms with van der Waals surface area (Å²) < 4.78 is 0. The fourth-order valence-electron chi connectivity index (χ4n) is 4.81. The van der Waals surface area contributed by atoms with Gasteiger partial charge >= 0.3 is 0 Å². The van der Waals surface area contributed by atoms with Gasteiger partial charge in [0.05, 0.1) is 0 Å². The van der Waals surface area contributed by atoms with E-state index in [9.17, 15) is 9.59 Å². The van der Waals surface area contributed by atoms with E-state index in [0.717, 1.165) is 43.1 Å². The third kappa shape index (κ3) is 3.58. The Morgan fingerprint density at radius 1 is 0.960 bits per heavy atom. The Morgan fingerprint density at radius 3 is 2.44 bits per heavy atom. The summed E-state index contributed by atoms with van der Waals surface area (Å²) in [5.74, 6) is 1.98. The zero-order chi connectivity index (χ0) is 17.2. The molecule has 1 aliphatic carbocycles. The number of carbonyl (C=O) groups excluding carboxylic acids is 2. The Bertz CT molecular complexity index is 640. The molecule has 2 heterocycles. The topological polar surface area (TPSA) is 40.6 Å². The maximum absolute atomic E-state index is 12.8. The standard InChI is InChI=1S/C21H28N2O2/c24-20-6-3-12-22(20)14-16-7-9-18(10-8-16)21(25)23-13-11-17-4-1-2-5-19(17)15-23/h7-10,17,19H,1-6,11-15H2/t17-,19+/m0/s1. The minimum Gasteiger partial charge on any atom is -0.338 e. The lowest BCUT2D eigenvalue weighted by Gasteiger charge is -2.41. The number of benzene rings is 1. The van der Waals surface area contributed by atoms with E-state index < -0.39 is 0 Å². The van der Waals surface area contributed by atoms with Crippen LogP contribution in [0.2, 0.25) is 0 Å². The molecule has 3 fully saturated rings. The highest BCUT2D eigenvalue weighted by atomic mass is 16.2.